The van der Waals surface area contributed by atoms with Gasteiger partial charge in [0.05, 0.1) is 0 Å². The second kappa shape index (κ2) is 3.74. The van der Waals surface area contributed by atoms with E-state index < -0.39 is 0 Å². The van der Waals surface area contributed by atoms with Crippen molar-refractivity contribution in [2.45, 2.75) is 50.5 Å². The third-order valence-electron chi connectivity index (χ3n) is 4.31. The van der Waals surface area contributed by atoms with Gasteiger partial charge in [0, 0.05) is 25.2 Å². The van der Waals surface area contributed by atoms with E-state index in [0.29, 0.717) is 0 Å². The van der Waals surface area contributed by atoms with Crippen molar-refractivity contribution < 1.29 is 0 Å². The average molecular weight is 208 g/mol. The predicted molar refractivity (Wildman–Crippen MR) is 62.7 cm³/mol. The van der Waals surface area contributed by atoms with Crippen LogP contribution in [0.2, 0.25) is 0 Å². The largest absolute Gasteiger partial charge is 0.324 e. The number of nitrogens with zero attached hydrogens (tertiary/aromatic N) is 1. The molecule has 0 aromatic carbocycles. The summed E-state index contributed by atoms with van der Waals surface area (Å²) >= 11 is 0. The highest BCUT2D eigenvalue weighted by atomic mass is 15.2. The van der Waals surface area contributed by atoms with E-state index in [1.807, 2.05) is 0 Å². The summed E-state index contributed by atoms with van der Waals surface area (Å²) < 4.78 is 0. The zero-order valence-electron chi connectivity index (χ0n) is 9.75. The first-order chi connectivity index (χ1) is 7.23. The van der Waals surface area contributed by atoms with Gasteiger partial charge in [0.2, 0.25) is 0 Å². The fourth-order valence-corrected chi connectivity index (χ4v) is 2.77. The van der Waals surface area contributed by atoms with Gasteiger partial charge in [-0.25, -0.2) is 0 Å². The van der Waals surface area contributed by atoms with E-state index in [1.54, 1.807) is 0 Å². The fraction of sp³-hybridized carbons (Fsp3) is 1.00. The first-order valence-electron chi connectivity index (χ1n) is 6.75. The van der Waals surface area contributed by atoms with Gasteiger partial charge in [0.25, 0.3) is 0 Å². The second-order valence-electron chi connectivity index (χ2n) is 6.30. The van der Waals surface area contributed by atoms with Crippen molar-refractivity contribution in [1.29, 1.82) is 0 Å². The smallest absolute Gasteiger partial charge is 0.0283 e. The minimum absolute atomic E-state index is 0.198. The SMILES string of the molecule is NC1(CN(CC2CC2)CC2CC2)CCC1. The Morgan fingerprint density at radius 2 is 1.53 bits per heavy atom. The lowest BCUT2D eigenvalue weighted by Gasteiger charge is -2.42. The molecule has 0 aliphatic heterocycles. The van der Waals surface area contributed by atoms with Crippen molar-refractivity contribution in [2.24, 2.45) is 17.6 Å². The molecule has 2 nitrogen and oxygen atoms in total. The van der Waals surface area contributed by atoms with Crippen LogP contribution in [0.5, 0.6) is 0 Å². The number of hydrogen-bond donors (Lipinski definition) is 1. The molecule has 0 bridgehead atoms. The van der Waals surface area contributed by atoms with Gasteiger partial charge >= 0.3 is 0 Å². The van der Waals surface area contributed by atoms with Crippen LogP contribution in [0.15, 0.2) is 0 Å². The van der Waals surface area contributed by atoms with Crippen LogP contribution in [0.3, 0.4) is 0 Å². The number of hydrogen-bond acceptors (Lipinski definition) is 2. The van der Waals surface area contributed by atoms with E-state index in [4.69, 9.17) is 5.73 Å². The normalized spacial score (nSPS) is 29.2. The molecule has 2 heteroatoms. The van der Waals surface area contributed by atoms with E-state index in [0.717, 1.165) is 11.8 Å². The van der Waals surface area contributed by atoms with Gasteiger partial charge < -0.3 is 10.6 Å². The zero-order valence-corrected chi connectivity index (χ0v) is 9.75. The van der Waals surface area contributed by atoms with Crippen molar-refractivity contribution in [2.75, 3.05) is 19.6 Å². The van der Waals surface area contributed by atoms with Crippen LogP contribution in [0, 0.1) is 11.8 Å². The van der Waals surface area contributed by atoms with Crippen LogP contribution in [0.1, 0.15) is 44.9 Å². The van der Waals surface area contributed by atoms with Gasteiger partial charge in [-0.1, -0.05) is 0 Å². The lowest BCUT2D eigenvalue weighted by atomic mass is 9.77. The van der Waals surface area contributed by atoms with E-state index in [2.05, 4.69) is 4.90 Å². The quantitative estimate of drug-likeness (QED) is 0.723. The summed E-state index contributed by atoms with van der Waals surface area (Å²) in [6.45, 7) is 3.87. The molecule has 0 spiro atoms. The fourth-order valence-electron chi connectivity index (χ4n) is 2.77. The third-order valence-corrected chi connectivity index (χ3v) is 4.31. The lowest BCUT2D eigenvalue weighted by Crippen LogP contribution is -2.55. The minimum Gasteiger partial charge on any atom is -0.324 e. The van der Waals surface area contributed by atoms with Crippen LogP contribution in [0.25, 0.3) is 0 Å². The molecule has 0 radical (unpaired) electrons. The van der Waals surface area contributed by atoms with Crippen molar-refractivity contribution in [3.05, 3.63) is 0 Å². The first kappa shape index (κ1) is 10.1. The highest BCUT2D eigenvalue weighted by Crippen LogP contribution is 2.36. The molecule has 0 unspecified atom stereocenters. The Morgan fingerprint density at radius 3 is 1.87 bits per heavy atom. The molecule has 2 N–H and O–H groups in total. The molecular weight excluding hydrogens is 184 g/mol. The van der Waals surface area contributed by atoms with Crippen LogP contribution in [-0.2, 0) is 0 Å². The Hall–Kier alpha value is -0.0800. The van der Waals surface area contributed by atoms with Crippen molar-refractivity contribution in [1.82, 2.24) is 4.90 Å². The van der Waals surface area contributed by atoms with Gasteiger partial charge in [0.15, 0.2) is 0 Å². The Balaban J connectivity index is 1.50. The topological polar surface area (TPSA) is 29.3 Å². The van der Waals surface area contributed by atoms with Gasteiger partial charge in [-0.05, 0) is 56.8 Å². The van der Waals surface area contributed by atoms with E-state index in [-0.39, 0.29) is 5.54 Å². The van der Waals surface area contributed by atoms with Crippen LogP contribution in [0.4, 0.5) is 0 Å². The highest BCUT2D eigenvalue weighted by molar-refractivity contribution is 4.96. The Kier molecular flexibility index (Phi) is 2.52. The molecule has 15 heavy (non-hydrogen) atoms. The van der Waals surface area contributed by atoms with Crippen molar-refractivity contribution in [3.63, 3.8) is 0 Å². The maximum absolute atomic E-state index is 6.35. The molecule has 0 heterocycles. The molecule has 0 amide bonds. The van der Waals surface area contributed by atoms with Crippen molar-refractivity contribution in [3.8, 4) is 0 Å². The Morgan fingerprint density at radius 1 is 1.00 bits per heavy atom. The molecule has 0 aromatic heterocycles. The van der Waals surface area contributed by atoms with Gasteiger partial charge in [-0.3, -0.25) is 0 Å². The Labute approximate surface area is 93.2 Å². The summed E-state index contributed by atoms with van der Waals surface area (Å²) in [5.41, 5.74) is 6.55. The molecule has 0 saturated heterocycles. The average Bonchev–Trinajstić information content (AvgIpc) is 2.96. The molecular formula is C13H24N2. The standard InChI is InChI=1S/C13H24N2/c14-13(6-1-7-13)10-15(8-11-2-3-11)9-12-4-5-12/h11-12H,1-10,14H2. The molecule has 3 rings (SSSR count). The summed E-state index contributed by atoms with van der Waals surface area (Å²) in [6, 6.07) is 0. The van der Waals surface area contributed by atoms with Gasteiger partial charge in [0.1, 0.15) is 0 Å². The van der Waals surface area contributed by atoms with E-state index in [1.165, 1.54) is 64.6 Å². The number of nitrogens with two attached hydrogens (primary N) is 1. The maximum Gasteiger partial charge on any atom is 0.0283 e. The zero-order chi connectivity index (χ0) is 10.3. The molecule has 3 saturated carbocycles. The van der Waals surface area contributed by atoms with Crippen LogP contribution in [-0.4, -0.2) is 30.1 Å². The van der Waals surface area contributed by atoms with Gasteiger partial charge in [-0.2, -0.15) is 0 Å². The second-order valence-corrected chi connectivity index (χ2v) is 6.30. The summed E-state index contributed by atoms with van der Waals surface area (Å²) in [6.07, 6.45) is 9.77. The van der Waals surface area contributed by atoms with Crippen LogP contribution >= 0.6 is 0 Å². The highest BCUT2D eigenvalue weighted by Gasteiger charge is 2.37. The van der Waals surface area contributed by atoms with E-state index in [9.17, 15) is 0 Å². The monoisotopic (exact) mass is 208 g/mol. The summed E-state index contributed by atoms with van der Waals surface area (Å²) in [5.74, 6) is 2.04. The minimum atomic E-state index is 0.198. The first-order valence-corrected chi connectivity index (χ1v) is 6.75. The third kappa shape index (κ3) is 2.73. The summed E-state index contributed by atoms with van der Waals surface area (Å²) in [5, 5.41) is 0. The molecule has 3 aliphatic carbocycles. The molecule has 86 valence electrons. The van der Waals surface area contributed by atoms with Crippen LogP contribution < -0.4 is 5.73 Å². The predicted octanol–water partition coefficient (Wildman–Crippen LogP) is 1.99. The summed E-state index contributed by atoms with van der Waals surface area (Å²) in [4.78, 5) is 2.69. The Bertz CT molecular complexity index is 213. The lowest BCUT2D eigenvalue weighted by molar-refractivity contribution is 0.136. The number of rotatable bonds is 6. The molecule has 3 fully saturated rings. The summed E-state index contributed by atoms with van der Waals surface area (Å²) in [7, 11) is 0. The van der Waals surface area contributed by atoms with E-state index >= 15 is 0 Å². The maximum atomic E-state index is 6.35. The molecule has 0 atom stereocenters. The molecule has 3 aliphatic rings. The van der Waals surface area contributed by atoms with Gasteiger partial charge in [-0.15, -0.1) is 0 Å². The molecule has 0 aromatic rings. The van der Waals surface area contributed by atoms with Crippen molar-refractivity contribution >= 4 is 0 Å².